The Bertz CT molecular complexity index is 3170. The van der Waals surface area contributed by atoms with Gasteiger partial charge in [0.05, 0.1) is 24.5 Å². The number of likely N-dealkylation sites (N-methyl/N-ethyl adjacent to an activating group) is 1. The van der Waals surface area contributed by atoms with E-state index >= 15 is 9.59 Å². The molecule has 11 amide bonds. The summed E-state index contributed by atoms with van der Waals surface area (Å²) in [5, 5.41) is 80.9. The summed E-state index contributed by atoms with van der Waals surface area (Å²) in [6, 6.07) is -6.38. The molecule has 1 aromatic rings. The Morgan fingerprint density at radius 3 is 1.64 bits per heavy atom. The first-order valence-electron chi connectivity index (χ1n) is 38.6. The SMILES string of the molecule is CCC[C@@H]1NC(=O)[C@H](CC2CNC3NCCCC23)NC(=O)[C@H]([C@@H](C)O)NC(=O)[C@H](CC2CNCN2)NC(=O)[C@H](CC2CCC(O)CC2)NC(=O)[C@H](C(C)(C)C)NC(=O)CCSCc2cccc(c2)CSC[C@@H](C(N)=O)N(C)C(=O)[C@H](CCC)NC(=O)[C@H](CC2CCC(O)CC2)NC(=O)[C@H](CCC(=O)O)NC1=O. The Morgan fingerprint density at radius 2 is 1.10 bits per heavy atom. The standard InChI is InChI=1S/C74H121N15O16S2/c1-8-12-51-65(97)81-52(25-26-60(94)95)66(98)83-54(31-42-17-21-48(91)22-18-42)67(99)82-53(13-9-2)73(105)89(7)58(63(75)96)39-107-38-45-15-10-14-44(30-45)37-106-29-27-59(93)87-62(74(4,5)6)72(104)86-55(32-43-19-23-49(92)24-20-43)68(100)84-57(34-47-36-76-40-79-47)70(102)88-61(41(3)90)71(103)85-56(69(101)80-51)33-46-35-78-64-50(46)16-11-28-77-64/h10,14-15,30,41-43,46-58,61-62,64,76-79,90-92H,8-9,11-13,16-29,31-40H2,1-7H3,(H2,75,96)(H,80,101)(H,81,97)(H,82,99)(H,83,98)(H,84,100)(H,85,103)(H,86,104)(H,87,93)(H,88,102)(H,94,95)/t41-,42?,43?,46?,47?,48?,49?,50?,51+,52+,53+,54+,55+,56+,57+,58+,61+,62-,64?/m1/s1. The smallest absolute Gasteiger partial charge is 0.303 e. The summed E-state index contributed by atoms with van der Waals surface area (Å²) in [6.45, 7) is 12.1. The maximum atomic E-state index is 15.1. The number of nitrogens with zero attached hydrogens (tertiary/aromatic N) is 1. The van der Waals surface area contributed by atoms with Gasteiger partial charge in [0.15, 0.2) is 0 Å². The average molecular weight is 1540 g/mol. The highest BCUT2D eigenvalue weighted by molar-refractivity contribution is 7.98. The Labute approximate surface area is 637 Å². The molecule has 33 heteroatoms. The van der Waals surface area contributed by atoms with Crippen LogP contribution in [0.3, 0.4) is 0 Å². The van der Waals surface area contributed by atoms with Gasteiger partial charge in [0, 0.05) is 62.2 Å². The molecule has 5 fully saturated rings. The van der Waals surface area contributed by atoms with Crippen LogP contribution < -0.4 is 74.9 Å². The highest BCUT2D eigenvalue weighted by atomic mass is 32.2. The normalized spacial score (nSPS) is 32.4. The number of nitrogens with two attached hydrogens (primary N) is 1. The molecule has 19 N–H and O–H groups in total. The van der Waals surface area contributed by atoms with E-state index in [0.29, 0.717) is 94.8 Å². The molecule has 0 radical (unpaired) electrons. The third-order valence-corrected chi connectivity index (χ3v) is 23.7. The molecule has 31 nitrogen and oxygen atoms in total. The van der Waals surface area contributed by atoms with Crippen LogP contribution in [0, 0.1) is 29.1 Å². The van der Waals surface area contributed by atoms with Crippen molar-refractivity contribution in [2.24, 2.45) is 34.8 Å². The fourth-order valence-corrected chi connectivity index (χ4v) is 17.3. The molecule has 2 saturated carbocycles. The van der Waals surface area contributed by atoms with E-state index in [-0.39, 0.29) is 93.0 Å². The fraction of sp³-hybridized carbons (Fsp3) is 0.757. The van der Waals surface area contributed by atoms with Crippen LogP contribution in [0.2, 0.25) is 0 Å². The molecule has 2 aliphatic carbocycles. The highest BCUT2D eigenvalue weighted by Crippen LogP contribution is 2.34. The predicted octanol–water partition coefficient (Wildman–Crippen LogP) is -0.149. The number of amides is 11. The zero-order chi connectivity index (χ0) is 78.1. The number of hydrogen-bond donors (Lipinski definition) is 18. The first kappa shape index (κ1) is 87.5. The van der Waals surface area contributed by atoms with E-state index in [1.807, 2.05) is 24.3 Å². The number of thioether (sulfide) groups is 2. The van der Waals surface area contributed by atoms with Gasteiger partial charge in [-0.2, -0.15) is 23.5 Å². The van der Waals surface area contributed by atoms with Crippen molar-refractivity contribution in [3.8, 4) is 0 Å². The van der Waals surface area contributed by atoms with E-state index in [0.717, 1.165) is 30.5 Å². The molecule has 3 saturated heterocycles. The number of fused-ring (bicyclic) bond motifs is 3. The number of hydrogen-bond acceptors (Lipinski definition) is 21. The Kier molecular flexibility index (Phi) is 35.2. The molecule has 6 aliphatic rings. The molecule has 4 aliphatic heterocycles. The lowest BCUT2D eigenvalue weighted by Crippen LogP contribution is -2.63. The molecule has 107 heavy (non-hydrogen) atoms. The number of nitrogens with one attached hydrogen (secondary N) is 13. The lowest BCUT2D eigenvalue weighted by atomic mass is 9.82. The van der Waals surface area contributed by atoms with E-state index in [1.165, 1.54) is 42.4 Å². The molecular weight excluding hydrogens is 1420 g/mol. The van der Waals surface area contributed by atoms with E-state index in [9.17, 15) is 68.4 Å². The number of carbonyl (C=O) groups is 12. The lowest BCUT2D eigenvalue weighted by Gasteiger charge is -2.34. The van der Waals surface area contributed by atoms with Crippen molar-refractivity contribution in [2.45, 2.75) is 279 Å². The van der Waals surface area contributed by atoms with Gasteiger partial charge in [-0.15, -0.1) is 0 Å². The van der Waals surface area contributed by atoms with Gasteiger partial charge in [0.2, 0.25) is 65.0 Å². The van der Waals surface area contributed by atoms with Crippen LogP contribution in [0.5, 0.6) is 0 Å². The molecule has 4 unspecified atom stereocenters. The zero-order valence-electron chi connectivity index (χ0n) is 63.3. The maximum Gasteiger partial charge on any atom is 0.303 e. The minimum Gasteiger partial charge on any atom is -0.481 e. The number of benzene rings is 1. The first-order valence-corrected chi connectivity index (χ1v) is 40.9. The molecule has 7 rings (SSSR count). The summed E-state index contributed by atoms with van der Waals surface area (Å²) in [4.78, 5) is 174. The molecule has 0 aromatic heterocycles. The zero-order valence-corrected chi connectivity index (χ0v) is 64.9. The monoisotopic (exact) mass is 1540 g/mol. The molecule has 4 heterocycles. The molecule has 600 valence electrons. The Hall–Kier alpha value is -6.72. The maximum absolute atomic E-state index is 15.1. The second kappa shape index (κ2) is 43.0. The van der Waals surface area contributed by atoms with Gasteiger partial charge in [-0.1, -0.05) is 71.7 Å². The number of carboxylic acid groups (broad SMARTS) is 1. The molecular formula is C74H121N15O16S2. The van der Waals surface area contributed by atoms with E-state index in [1.54, 1.807) is 34.6 Å². The van der Waals surface area contributed by atoms with Crippen molar-refractivity contribution < 1.29 is 78.0 Å². The average Bonchev–Trinajstić information content (AvgIpc) is 1.78. The van der Waals surface area contributed by atoms with Gasteiger partial charge < -0.3 is 100 Å². The topological polar surface area (TPSA) is 471 Å². The first-order chi connectivity index (χ1) is 50.9. The van der Waals surface area contributed by atoms with Crippen molar-refractivity contribution in [2.75, 3.05) is 44.9 Å². The third kappa shape index (κ3) is 27.7. The second-order valence-electron chi connectivity index (χ2n) is 31.3. The summed E-state index contributed by atoms with van der Waals surface area (Å²) in [6.07, 6.45) is 2.41. The summed E-state index contributed by atoms with van der Waals surface area (Å²) < 4.78 is 0. The number of piperidine rings is 1. The lowest BCUT2D eigenvalue weighted by molar-refractivity contribution is -0.141. The van der Waals surface area contributed by atoms with Crippen LogP contribution in [-0.4, -0.2) is 232 Å². The van der Waals surface area contributed by atoms with E-state index in [2.05, 4.69) is 69.1 Å². The van der Waals surface area contributed by atoms with Crippen LogP contribution in [0.25, 0.3) is 0 Å². The van der Waals surface area contributed by atoms with Gasteiger partial charge >= 0.3 is 5.97 Å². The quantitative estimate of drug-likeness (QED) is 0.0964. The minimum atomic E-state index is -1.76. The van der Waals surface area contributed by atoms with Crippen LogP contribution in [-0.2, 0) is 69.0 Å². The molecule has 0 spiro atoms. The molecule has 15 atom stereocenters. The van der Waals surface area contributed by atoms with E-state index in [4.69, 9.17) is 5.73 Å². The van der Waals surface area contributed by atoms with Gasteiger partial charge in [0.1, 0.15) is 60.4 Å². The molecule has 1 aromatic carbocycles. The third-order valence-electron chi connectivity index (χ3n) is 21.6. The van der Waals surface area contributed by atoms with Gasteiger partial charge in [-0.05, 0) is 169 Å². The van der Waals surface area contributed by atoms with Crippen molar-refractivity contribution in [1.82, 2.24) is 74.0 Å². The summed E-state index contributed by atoms with van der Waals surface area (Å²) in [5.41, 5.74) is 6.97. The van der Waals surface area contributed by atoms with Crippen LogP contribution in [0.4, 0.5) is 0 Å². The summed E-state index contributed by atoms with van der Waals surface area (Å²) in [5.74, 6) is -9.06. The minimum absolute atomic E-state index is 0.000949. The fourth-order valence-electron chi connectivity index (χ4n) is 15.3. The number of aliphatic hydroxyl groups excluding tert-OH is 3. The number of aliphatic hydroxyl groups is 3. The van der Waals surface area contributed by atoms with Crippen molar-refractivity contribution in [1.29, 1.82) is 0 Å². The number of primary amides is 1. The van der Waals surface area contributed by atoms with Crippen molar-refractivity contribution in [3.05, 3.63) is 35.4 Å². The second-order valence-corrected chi connectivity index (χ2v) is 33.4. The van der Waals surface area contributed by atoms with Gasteiger partial charge in [0.25, 0.3) is 0 Å². The van der Waals surface area contributed by atoms with Gasteiger partial charge in [-0.25, -0.2) is 0 Å². The van der Waals surface area contributed by atoms with Crippen molar-refractivity contribution in [3.63, 3.8) is 0 Å². The van der Waals surface area contributed by atoms with Crippen LogP contribution in [0.15, 0.2) is 24.3 Å². The highest BCUT2D eigenvalue weighted by Gasteiger charge is 2.44. The summed E-state index contributed by atoms with van der Waals surface area (Å²) in [7, 11) is 1.42. The number of rotatable bonds is 17. The number of carbonyl (C=O) groups excluding carboxylic acids is 11. The van der Waals surface area contributed by atoms with Gasteiger partial charge in [-0.3, -0.25) is 57.5 Å². The van der Waals surface area contributed by atoms with Crippen LogP contribution in [0.1, 0.15) is 188 Å². The molecule has 2 bridgehead atoms. The largest absolute Gasteiger partial charge is 0.481 e. The summed E-state index contributed by atoms with van der Waals surface area (Å²) >= 11 is 2.86. The Balaban J connectivity index is 1.23. The number of aliphatic carboxylic acids is 1. The predicted molar refractivity (Wildman–Crippen MR) is 405 cm³/mol. The van der Waals surface area contributed by atoms with E-state index < -0.39 is 168 Å². The number of carboxylic acids is 1. The van der Waals surface area contributed by atoms with Crippen LogP contribution >= 0.6 is 23.5 Å². The van der Waals surface area contributed by atoms with Crippen molar-refractivity contribution >= 4 is 94.5 Å². The Morgan fingerprint density at radius 1 is 0.598 bits per heavy atom.